The van der Waals surface area contributed by atoms with Crippen LogP contribution < -0.4 is 0 Å². The van der Waals surface area contributed by atoms with Gasteiger partial charge in [0.15, 0.2) is 5.65 Å². The smallest absolute Gasteiger partial charge is 0.161 e. The quantitative estimate of drug-likeness (QED) is 0.579. The van der Waals surface area contributed by atoms with Crippen molar-refractivity contribution in [1.29, 1.82) is 0 Å². The number of ether oxygens (including phenoxy) is 1. The van der Waals surface area contributed by atoms with Crippen molar-refractivity contribution in [1.82, 2.24) is 14.5 Å². The molecule has 2 heterocycles. The van der Waals surface area contributed by atoms with Crippen LogP contribution in [-0.4, -0.2) is 29.2 Å². The van der Waals surface area contributed by atoms with E-state index in [-0.39, 0.29) is 0 Å². The van der Waals surface area contributed by atoms with Gasteiger partial charge in [0.1, 0.15) is 18.1 Å². The number of nitrogens with zero attached hydrogens (tertiary/aromatic N) is 3. The summed E-state index contributed by atoms with van der Waals surface area (Å²) in [4.78, 5) is 9.08. The molecule has 2 rings (SSSR count). The predicted molar refractivity (Wildman–Crippen MR) is 88.7 cm³/mol. The van der Waals surface area contributed by atoms with Gasteiger partial charge in [0.05, 0.1) is 0 Å². The molecule has 0 radical (unpaired) electrons. The van der Waals surface area contributed by atoms with Crippen LogP contribution >= 0.6 is 15.9 Å². The van der Waals surface area contributed by atoms with Crippen LogP contribution in [0.5, 0.6) is 0 Å². The molecule has 0 amide bonds. The fourth-order valence-corrected chi connectivity index (χ4v) is 3.05. The third-order valence-electron chi connectivity index (χ3n) is 3.16. The molecule has 2 aromatic rings. The zero-order valence-electron chi connectivity index (χ0n) is 12.6. The number of pyridine rings is 1. The summed E-state index contributed by atoms with van der Waals surface area (Å²) in [5, 5.41) is 0. The van der Waals surface area contributed by atoms with E-state index in [1.807, 2.05) is 12.3 Å². The molecular weight excluding hydrogens is 334 g/mol. The zero-order chi connectivity index (χ0) is 14.8. The van der Waals surface area contributed by atoms with Crippen molar-refractivity contribution in [3.05, 3.63) is 22.6 Å². The van der Waals surface area contributed by atoms with Crippen LogP contribution in [0, 0.1) is 0 Å². The summed E-state index contributed by atoms with van der Waals surface area (Å²) in [5.41, 5.74) is 1.82. The minimum absolute atomic E-state index is 0.540. The molecule has 0 saturated carbocycles. The van der Waals surface area contributed by atoms with Gasteiger partial charge >= 0.3 is 0 Å². The lowest BCUT2D eigenvalue weighted by molar-refractivity contribution is 0.0876. The Balaban J connectivity index is 2.12. The van der Waals surface area contributed by atoms with Crippen molar-refractivity contribution in [2.24, 2.45) is 0 Å². The summed E-state index contributed by atoms with van der Waals surface area (Å²) in [5.74, 6) is 1.03. The molecule has 4 nitrogen and oxygen atoms in total. The van der Waals surface area contributed by atoms with Gasteiger partial charge in [-0.2, -0.15) is 0 Å². The summed E-state index contributed by atoms with van der Waals surface area (Å²) >= 11 is 3.44. The fraction of sp³-hybridized carbons (Fsp3) is 0.571. The molecule has 2 aromatic heterocycles. The first-order valence-electron chi connectivity index (χ1n) is 6.99. The molecular formula is C14H22BrN3OSi. The Morgan fingerprint density at radius 3 is 2.75 bits per heavy atom. The van der Waals surface area contributed by atoms with Gasteiger partial charge in [-0.15, -0.1) is 0 Å². The van der Waals surface area contributed by atoms with Gasteiger partial charge in [0.2, 0.25) is 0 Å². The van der Waals surface area contributed by atoms with Crippen molar-refractivity contribution in [3.63, 3.8) is 0 Å². The van der Waals surface area contributed by atoms with E-state index >= 15 is 0 Å². The maximum atomic E-state index is 5.84. The van der Waals surface area contributed by atoms with E-state index in [9.17, 15) is 0 Å². The highest BCUT2D eigenvalue weighted by atomic mass is 79.9. The van der Waals surface area contributed by atoms with Crippen LogP contribution in [0.25, 0.3) is 11.2 Å². The summed E-state index contributed by atoms with van der Waals surface area (Å²) < 4.78 is 8.87. The number of halogens is 1. The van der Waals surface area contributed by atoms with E-state index in [4.69, 9.17) is 4.74 Å². The Morgan fingerprint density at radius 2 is 2.10 bits per heavy atom. The highest BCUT2D eigenvalue weighted by molar-refractivity contribution is 9.10. The summed E-state index contributed by atoms with van der Waals surface area (Å²) in [6, 6.07) is 3.18. The number of hydrogen-bond donors (Lipinski definition) is 0. The van der Waals surface area contributed by atoms with E-state index in [1.54, 1.807) is 0 Å². The van der Waals surface area contributed by atoms with Crippen molar-refractivity contribution < 1.29 is 4.74 Å². The number of imidazole rings is 1. The van der Waals surface area contributed by atoms with Crippen molar-refractivity contribution in [2.45, 2.75) is 45.8 Å². The molecule has 0 aliphatic carbocycles. The highest BCUT2D eigenvalue weighted by Gasteiger charge is 2.14. The molecule has 0 unspecified atom stereocenters. The lowest BCUT2D eigenvalue weighted by Crippen LogP contribution is -2.22. The number of rotatable bonds is 6. The Morgan fingerprint density at radius 1 is 1.35 bits per heavy atom. The lowest BCUT2D eigenvalue weighted by Gasteiger charge is -2.16. The number of hydrogen-bond acceptors (Lipinski definition) is 3. The average Bonchev–Trinajstić information content (AvgIpc) is 2.70. The highest BCUT2D eigenvalue weighted by Crippen LogP contribution is 2.19. The van der Waals surface area contributed by atoms with Gasteiger partial charge in [0.25, 0.3) is 0 Å². The number of aromatic nitrogens is 3. The number of aryl methyl sites for hydroxylation is 1. The third-order valence-corrected chi connectivity index (χ3v) is 5.30. The second-order valence-electron chi connectivity index (χ2n) is 6.15. The fourth-order valence-electron chi connectivity index (χ4n) is 1.97. The molecule has 0 bridgehead atoms. The van der Waals surface area contributed by atoms with Crippen LogP contribution in [-0.2, 0) is 17.9 Å². The van der Waals surface area contributed by atoms with Crippen molar-refractivity contribution in [2.75, 3.05) is 6.61 Å². The first kappa shape index (κ1) is 15.7. The van der Waals surface area contributed by atoms with Gasteiger partial charge in [-0.25, -0.2) is 9.97 Å². The molecule has 6 heteroatoms. The van der Waals surface area contributed by atoms with E-state index in [0.717, 1.165) is 34.5 Å². The third kappa shape index (κ3) is 3.90. The molecule has 0 aliphatic heterocycles. The minimum Gasteiger partial charge on any atom is -0.361 e. The topological polar surface area (TPSA) is 39.9 Å². The zero-order valence-corrected chi connectivity index (χ0v) is 15.2. The van der Waals surface area contributed by atoms with Crippen molar-refractivity contribution >= 4 is 35.2 Å². The maximum absolute atomic E-state index is 5.84. The molecule has 0 aromatic carbocycles. The summed E-state index contributed by atoms with van der Waals surface area (Å²) in [6.07, 6.45) is 2.69. The monoisotopic (exact) mass is 355 g/mol. The summed E-state index contributed by atoms with van der Waals surface area (Å²) in [6.45, 7) is 10.5. The van der Waals surface area contributed by atoms with Crippen LogP contribution in [0.1, 0.15) is 12.7 Å². The average molecular weight is 356 g/mol. The molecule has 0 saturated heterocycles. The van der Waals surface area contributed by atoms with E-state index in [0.29, 0.717) is 6.73 Å². The van der Waals surface area contributed by atoms with E-state index in [2.05, 4.69) is 57.0 Å². The second kappa shape index (κ2) is 6.36. The Kier molecular flexibility index (Phi) is 4.98. The van der Waals surface area contributed by atoms with Gasteiger partial charge in [-0.1, -0.05) is 26.6 Å². The minimum atomic E-state index is -1.03. The van der Waals surface area contributed by atoms with Crippen LogP contribution in [0.2, 0.25) is 25.7 Å². The maximum Gasteiger partial charge on any atom is 0.161 e. The normalized spacial score (nSPS) is 12.2. The second-order valence-corrected chi connectivity index (χ2v) is 12.7. The van der Waals surface area contributed by atoms with Gasteiger partial charge in [0, 0.05) is 31.8 Å². The Bertz CT molecular complexity index is 592. The first-order chi connectivity index (χ1) is 9.40. The summed E-state index contributed by atoms with van der Waals surface area (Å²) in [7, 11) is -1.03. The van der Waals surface area contributed by atoms with Gasteiger partial charge in [-0.3, -0.25) is 4.57 Å². The van der Waals surface area contributed by atoms with Crippen LogP contribution in [0.3, 0.4) is 0 Å². The molecule has 0 atom stereocenters. The lowest BCUT2D eigenvalue weighted by atomic mass is 10.4. The van der Waals surface area contributed by atoms with Gasteiger partial charge < -0.3 is 4.74 Å². The van der Waals surface area contributed by atoms with Crippen LogP contribution in [0.4, 0.5) is 0 Å². The van der Waals surface area contributed by atoms with Crippen molar-refractivity contribution in [3.8, 4) is 0 Å². The standard InChI is InChI=1S/C14H22BrN3OSi/c1-5-13-17-12-8-11(15)9-16-14(12)18(13)10-19-6-7-20(2,3)4/h8-9H,5-7,10H2,1-4H3. The Labute approximate surface area is 129 Å². The molecule has 0 spiro atoms. The SMILES string of the molecule is CCc1nc2cc(Br)cnc2n1COCC[Si](C)(C)C. The first-order valence-corrected chi connectivity index (χ1v) is 11.5. The van der Waals surface area contributed by atoms with Crippen LogP contribution in [0.15, 0.2) is 16.7 Å². The Hall–Kier alpha value is -0.723. The number of fused-ring (bicyclic) bond motifs is 1. The largest absolute Gasteiger partial charge is 0.361 e. The van der Waals surface area contributed by atoms with E-state index < -0.39 is 8.07 Å². The van der Waals surface area contributed by atoms with E-state index in [1.165, 1.54) is 6.04 Å². The van der Waals surface area contributed by atoms with Gasteiger partial charge in [-0.05, 0) is 28.0 Å². The molecule has 0 aliphatic rings. The predicted octanol–water partition coefficient (Wildman–Crippen LogP) is 4.07. The molecule has 110 valence electrons. The molecule has 0 fully saturated rings. The molecule has 0 N–H and O–H groups in total. The molecule has 20 heavy (non-hydrogen) atoms.